The number of nitrogens with zero attached hydrogens (tertiary/aromatic N) is 5. The molecule has 0 radical (unpaired) electrons. The second kappa shape index (κ2) is 6.97. The van der Waals surface area contributed by atoms with Crippen LogP contribution in [-0.4, -0.2) is 58.9 Å². The quantitative estimate of drug-likeness (QED) is 0.789. The van der Waals surface area contributed by atoms with E-state index in [1.807, 2.05) is 18.2 Å². The second-order valence-corrected chi connectivity index (χ2v) is 5.76. The van der Waals surface area contributed by atoms with E-state index >= 15 is 0 Å². The highest BCUT2D eigenvalue weighted by atomic mass is 35.5. The summed E-state index contributed by atoms with van der Waals surface area (Å²) >= 11 is 6.05. The maximum Gasteiger partial charge on any atom is 0.377 e. The Morgan fingerprint density at radius 3 is 2.78 bits per heavy atom. The third kappa shape index (κ3) is 3.80. The van der Waals surface area contributed by atoms with E-state index in [2.05, 4.69) is 30.7 Å². The SMILES string of the molecule is COC(=O)c1ncn(CN2CCN(c3cccc(Cl)c3)CC2)n1. The number of ether oxygens (including phenoxy) is 1. The van der Waals surface area contributed by atoms with Crippen LogP contribution in [0.5, 0.6) is 0 Å². The Labute approximate surface area is 139 Å². The monoisotopic (exact) mass is 335 g/mol. The largest absolute Gasteiger partial charge is 0.463 e. The van der Waals surface area contributed by atoms with E-state index in [4.69, 9.17) is 11.6 Å². The number of hydrogen-bond donors (Lipinski definition) is 0. The molecule has 0 aliphatic carbocycles. The van der Waals surface area contributed by atoms with Gasteiger partial charge < -0.3 is 9.64 Å². The molecule has 1 aliphatic rings. The van der Waals surface area contributed by atoms with Crippen molar-refractivity contribution in [3.05, 3.63) is 41.4 Å². The first kappa shape index (κ1) is 15.8. The second-order valence-electron chi connectivity index (χ2n) is 5.33. The molecule has 0 bridgehead atoms. The molecule has 0 amide bonds. The Hall–Kier alpha value is -2.12. The summed E-state index contributed by atoms with van der Waals surface area (Å²) in [6.07, 6.45) is 1.55. The summed E-state index contributed by atoms with van der Waals surface area (Å²) in [6.45, 7) is 4.24. The maximum atomic E-state index is 11.4. The molecule has 2 heterocycles. The minimum atomic E-state index is -0.519. The van der Waals surface area contributed by atoms with Gasteiger partial charge in [-0.3, -0.25) is 4.90 Å². The highest BCUT2D eigenvalue weighted by Crippen LogP contribution is 2.20. The third-order valence-electron chi connectivity index (χ3n) is 3.79. The highest BCUT2D eigenvalue weighted by Gasteiger charge is 2.19. The van der Waals surface area contributed by atoms with Crippen molar-refractivity contribution in [3.8, 4) is 0 Å². The van der Waals surface area contributed by atoms with Gasteiger partial charge in [-0.2, -0.15) is 0 Å². The molecule has 0 N–H and O–H groups in total. The average Bonchev–Trinajstić information content (AvgIpc) is 3.03. The van der Waals surface area contributed by atoms with E-state index in [-0.39, 0.29) is 5.82 Å². The fourth-order valence-corrected chi connectivity index (χ4v) is 2.76. The molecule has 1 aromatic carbocycles. The number of benzene rings is 1. The number of piperazine rings is 1. The Kier molecular flexibility index (Phi) is 4.78. The number of methoxy groups -OCH3 is 1. The van der Waals surface area contributed by atoms with E-state index in [0.717, 1.165) is 36.9 Å². The summed E-state index contributed by atoms with van der Waals surface area (Å²) in [4.78, 5) is 19.9. The molecule has 1 saturated heterocycles. The molecule has 0 unspecified atom stereocenters. The van der Waals surface area contributed by atoms with Gasteiger partial charge in [-0.15, -0.1) is 5.10 Å². The number of anilines is 1. The molecule has 7 nitrogen and oxygen atoms in total. The van der Waals surface area contributed by atoms with Gasteiger partial charge in [0.25, 0.3) is 5.82 Å². The van der Waals surface area contributed by atoms with Crippen LogP contribution < -0.4 is 4.90 Å². The Balaban J connectivity index is 1.55. The van der Waals surface area contributed by atoms with Crippen molar-refractivity contribution in [2.75, 3.05) is 38.2 Å². The van der Waals surface area contributed by atoms with Crippen molar-refractivity contribution in [2.45, 2.75) is 6.67 Å². The van der Waals surface area contributed by atoms with Gasteiger partial charge in [0.1, 0.15) is 6.33 Å². The van der Waals surface area contributed by atoms with Crippen LogP contribution in [0.15, 0.2) is 30.6 Å². The van der Waals surface area contributed by atoms with E-state index in [9.17, 15) is 4.79 Å². The molecule has 122 valence electrons. The van der Waals surface area contributed by atoms with Crippen LogP contribution in [-0.2, 0) is 11.4 Å². The number of carbonyl (C=O) groups is 1. The van der Waals surface area contributed by atoms with E-state index < -0.39 is 5.97 Å². The number of esters is 1. The van der Waals surface area contributed by atoms with Crippen LogP contribution in [0.2, 0.25) is 5.02 Å². The van der Waals surface area contributed by atoms with Crippen molar-refractivity contribution >= 4 is 23.3 Å². The van der Waals surface area contributed by atoms with Crippen LogP contribution in [0.25, 0.3) is 0 Å². The molecule has 0 saturated carbocycles. The van der Waals surface area contributed by atoms with Crippen LogP contribution >= 0.6 is 11.6 Å². The van der Waals surface area contributed by atoms with E-state index in [1.54, 1.807) is 11.0 Å². The van der Waals surface area contributed by atoms with Gasteiger partial charge in [0, 0.05) is 36.9 Å². The Bertz CT molecular complexity index is 682. The molecule has 3 rings (SSSR count). The van der Waals surface area contributed by atoms with E-state index in [0.29, 0.717) is 6.67 Å². The smallest absolute Gasteiger partial charge is 0.377 e. The summed E-state index contributed by atoms with van der Waals surface area (Å²) in [5.74, 6) is -0.431. The minimum Gasteiger partial charge on any atom is -0.463 e. The van der Waals surface area contributed by atoms with Gasteiger partial charge in [0.2, 0.25) is 0 Å². The Morgan fingerprint density at radius 2 is 2.09 bits per heavy atom. The van der Waals surface area contributed by atoms with Crippen LogP contribution in [0.3, 0.4) is 0 Å². The topological polar surface area (TPSA) is 63.5 Å². The molecule has 2 aromatic rings. The number of halogens is 1. The van der Waals surface area contributed by atoms with Crippen molar-refractivity contribution in [1.29, 1.82) is 0 Å². The van der Waals surface area contributed by atoms with Crippen LogP contribution in [0, 0.1) is 0 Å². The first-order valence-electron chi connectivity index (χ1n) is 7.36. The number of aromatic nitrogens is 3. The van der Waals surface area contributed by atoms with Crippen LogP contribution in [0.4, 0.5) is 5.69 Å². The highest BCUT2D eigenvalue weighted by molar-refractivity contribution is 6.30. The predicted molar refractivity (Wildman–Crippen MR) is 86.6 cm³/mol. The summed E-state index contributed by atoms with van der Waals surface area (Å²) < 4.78 is 6.26. The molecule has 23 heavy (non-hydrogen) atoms. The lowest BCUT2D eigenvalue weighted by molar-refractivity contribution is 0.0585. The van der Waals surface area contributed by atoms with Crippen LogP contribution in [0.1, 0.15) is 10.6 Å². The summed E-state index contributed by atoms with van der Waals surface area (Å²) in [7, 11) is 1.32. The number of hydrogen-bond acceptors (Lipinski definition) is 6. The lowest BCUT2D eigenvalue weighted by Gasteiger charge is -2.35. The predicted octanol–water partition coefficient (Wildman–Crippen LogP) is 1.50. The number of rotatable bonds is 4. The van der Waals surface area contributed by atoms with Gasteiger partial charge >= 0.3 is 5.97 Å². The fourth-order valence-electron chi connectivity index (χ4n) is 2.57. The zero-order valence-electron chi connectivity index (χ0n) is 12.9. The average molecular weight is 336 g/mol. The molecule has 0 atom stereocenters. The van der Waals surface area contributed by atoms with Gasteiger partial charge in [-0.25, -0.2) is 14.5 Å². The molecule has 0 spiro atoms. The van der Waals surface area contributed by atoms with E-state index in [1.165, 1.54) is 7.11 Å². The van der Waals surface area contributed by atoms with Gasteiger partial charge in [0.15, 0.2) is 0 Å². The third-order valence-corrected chi connectivity index (χ3v) is 4.03. The molecular formula is C15H18ClN5O2. The number of carbonyl (C=O) groups excluding carboxylic acids is 1. The first-order chi connectivity index (χ1) is 11.2. The van der Waals surface area contributed by atoms with Gasteiger partial charge in [-0.05, 0) is 18.2 Å². The summed E-state index contributed by atoms with van der Waals surface area (Å²) in [6, 6.07) is 7.90. The molecule has 1 aliphatic heterocycles. The van der Waals surface area contributed by atoms with Gasteiger partial charge in [-0.1, -0.05) is 17.7 Å². The normalized spacial score (nSPS) is 15.7. The van der Waals surface area contributed by atoms with Crippen molar-refractivity contribution in [1.82, 2.24) is 19.7 Å². The first-order valence-corrected chi connectivity index (χ1v) is 7.74. The molecular weight excluding hydrogens is 318 g/mol. The Morgan fingerprint density at radius 1 is 1.30 bits per heavy atom. The molecule has 1 fully saturated rings. The van der Waals surface area contributed by atoms with Gasteiger partial charge in [0.05, 0.1) is 13.8 Å². The zero-order chi connectivity index (χ0) is 16.2. The van der Waals surface area contributed by atoms with Crippen molar-refractivity contribution < 1.29 is 9.53 Å². The minimum absolute atomic E-state index is 0.0880. The summed E-state index contributed by atoms with van der Waals surface area (Å²) in [5.41, 5.74) is 1.14. The lowest BCUT2D eigenvalue weighted by atomic mass is 10.2. The van der Waals surface area contributed by atoms with Crippen molar-refractivity contribution in [2.24, 2.45) is 0 Å². The lowest BCUT2D eigenvalue weighted by Crippen LogP contribution is -2.46. The zero-order valence-corrected chi connectivity index (χ0v) is 13.6. The van der Waals surface area contributed by atoms with Crippen molar-refractivity contribution in [3.63, 3.8) is 0 Å². The molecule has 1 aromatic heterocycles. The summed E-state index contributed by atoms with van der Waals surface area (Å²) in [5, 5.41) is 4.87. The standard InChI is InChI=1S/C15H18ClN5O2/c1-23-15(22)14-17-10-21(18-14)11-19-5-7-20(8-6-19)13-4-2-3-12(16)9-13/h2-4,9-10H,5-8,11H2,1H3. The maximum absolute atomic E-state index is 11.4. The molecule has 8 heteroatoms. The fraction of sp³-hybridized carbons (Fsp3) is 0.400.